The zero-order chi connectivity index (χ0) is 7.28. The third-order valence-corrected chi connectivity index (χ3v) is 0.621. The van der Waals surface area contributed by atoms with Gasteiger partial charge < -0.3 is 16.2 Å². The number of nitrogens with one attached hydrogen (secondary N) is 1. The number of carbonyl (C=O) groups is 2. The molecular weight excluding hydrogens is 124 g/mol. The van der Waals surface area contributed by atoms with Gasteiger partial charge in [0.1, 0.15) is 0 Å². The number of nitrogens with two attached hydrogens (primary N) is 1. The van der Waals surface area contributed by atoms with Crippen molar-refractivity contribution in [2.75, 3.05) is 13.2 Å². The molecule has 0 aliphatic rings. The molecule has 9 heavy (non-hydrogen) atoms. The van der Waals surface area contributed by atoms with Gasteiger partial charge >= 0.3 is 11.8 Å². The molecule has 0 aromatic rings. The van der Waals surface area contributed by atoms with Gasteiger partial charge in [0.25, 0.3) is 0 Å². The molecule has 0 unspecified atom stereocenters. The van der Waals surface area contributed by atoms with Crippen LogP contribution in [0, 0.1) is 0 Å². The number of aliphatic hydroxyl groups excluding tert-OH is 1. The molecule has 0 aliphatic heterocycles. The number of primary amides is 1. The second-order valence-corrected chi connectivity index (χ2v) is 1.34. The third-order valence-electron chi connectivity index (χ3n) is 0.621. The maximum atomic E-state index is 10.2. The molecule has 0 spiro atoms. The SMILES string of the molecule is NC(=O)C(=O)NCCO. The van der Waals surface area contributed by atoms with Crippen LogP contribution in [-0.4, -0.2) is 30.1 Å². The Morgan fingerprint density at radius 2 is 2.11 bits per heavy atom. The Balaban J connectivity index is 3.39. The van der Waals surface area contributed by atoms with Crippen LogP contribution in [0.1, 0.15) is 0 Å². The van der Waals surface area contributed by atoms with Crippen molar-refractivity contribution in [2.24, 2.45) is 5.73 Å². The van der Waals surface area contributed by atoms with Crippen LogP contribution < -0.4 is 11.1 Å². The lowest BCUT2D eigenvalue weighted by Crippen LogP contribution is -2.37. The van der Waals surface area contributed by atoms with Crippen LogP contribution in [0.4, 0.5) is 0 Å². The van der Waals surface area contributed by atoms with Crippen LogP contribution in [0.2, 0.25) is 0 Å². The number of carbonyl (C=O) groups excluding carboxylic acids is 2. The first-order valence-corrected chi connectivity index (χ1v) is 2.37. The molecule has 2 amide bonds. The average Bonchev–Trinajstić information content (AvgIpc) is 1.82. The van der Waals surface area contributed by atoms with Gasteiger partial charge in [-0.25, -0.2) is 0 Å². The van der Waals surface area contributed by atoms with Crippen molar-refractivity contribution in [3.63, 3.8) is 0 Å². The highest BCUT2D eigenvalue weighted by Gasteiger charge is 2.04. The molecule has 0 radical (unpaired) electrons. The number of aliphatic hydroxyl groups is 1. The molecular formula is C4H8N2O3. The summed E-state index contributed by atoms with van der Waals surface area (Å²) < 4.78 is 0. The molecule has 0 aliphatic carbocycles. The highest BCUT2D eigenvalue weighted by molar-refractivity contribution is 6.34. The summed E-state index contributed by atoms with van der Waals surface area (Å²) in [4.78, 5) is 20.1. The summed E-state index contributed by atoms with van der Waals surface area (Å²) in [6, 6.07) is 0. The Bertz CT molecular complexity index is 123. The van der Waals surface area contributed by atoms with Crippen molar-refractivity contribution in [3.05, 3.63) is 0 Å². The quantitative estimate of drug-likeness (QED) is 0.365. The van der Waals surface area contributed by atoms with Crippen LogP contribution in [0.15, 0.2) is 0 Å². The molecule has 0 bridgehead atoms. The van der Waals surface area contributed by atoms with Gasteiger partial charge in [0.05, 0.1) is 6.61 Å². The van der Waals surface area contributed by atoms with Gasteiger partial charge in [-0.1, -0.05) is 0 Å². The molecule has 0 aromatic carbocycles. The second-order valence-electron chi connectivity index (χ2n) is 1.34. The van der Waals surface area contributed by atoms with E-state index in [9.17, 15) is 9.59 Å². The lowest BCUT2D eigenvalue weighted by Gasteiger charge is -1.95. The number of rotatable bonds is 2. The average molecular weight is 132 g/mol. The van der Waals surface area contributed by atoms with Crippen molar-refractivity contribution >= 4 is 11.8 Å². The highest BCUT2D eigenvalue weighted by Crippen LogP contribution is 1.60. The highest BCUT2D eigenvalue weighted by atomic mass is 16.3. The Morgan fingerprint density at radius 3 is 2.44 bits per heavy atom. The van der Waals surface area contributed by atoms with E-state index < -0.39 is 11.8 Å². The minimum atomic E-state index is -1.04. The molecule has 5 nitrogen and oxygen atoms in total. The summed E-state index contributed by atoms with van der Waals surface area (Å²) in [7, 11) is 0. The summed E-state index contributed by atoms with van der Waals surface area (Å²) in [5.74, 6) is -1.91. The molecule has 0 rings (SSSR count). The predicted molar refractivity (Wildman–Crippen MR) is 29.3 cm³/mol. The fraction of sp³-hybridized carbons (Fsp3) is 0.500. The Kier molecular flexibility index (Phi) is 3.38. The van der Waals surface area contributed by atoms with E-state index in [0.717, 1.165) is 0 Å². The smallest absolute Gasteiger partial charge is 0.309 e. The van der Waals surface area contributed by atoms with E-state index in [0.29, 0.717) is 0 Å². The van der Waals surface area contributed by atoms with Crippen LogP contribution in [-0.2, 0) is 9.59 Å². The first-order valence-electron chi connectivity index (χ1n) is 2.37. The fourth-order valence-electron chi connectivity index (χ4n) is 0.257. The Labute approximate surface area is 51.8 Å². The van der Waals surface area contributed by atoms with Crippen molar-refractivity contribution < 1.29 is 14.7 Å². The first kappa shape index (κ1) is 7.90. The van der Waals surface area contributed by atoms with Gasteiger partial charge in [-0.05, 0) is 0 Å². The van der Waals surface area contributed by atoms with Gasteiger partial charge in [0.2, 0.25) is 0 Å². The zero-order valence-electron chi connectivity index (χ0n) is 4.76. The van der Waals surface area contributed by atoms with E-state index in [1.165, 1.54) is 0 Å². The van der Waals surface area contributed by atoms with E-state index in [-0.39, 0.29) is 13.2 Å². The molecule has 0 heterocycles. The molecule has 0 aromatic heterocycles. The van der Waals surface area contributed by atoms with Crippen molar-refractivity contribution in [2.45, 2.75) is 0 Å². The van der Waals surface area contributed by atoms with Crippen LogP contribution in [0.3, 0.4) is 0 Å². The minimum absolute atomic E-state index is 0.0573. The van der Waals surface area contributed by atoms with Crippen LogP contribution >= 0.6 is 0 Å². The summed E-state index contributed by atoms with van der Waals surface area (Å²) >= 11 is 0. The molecule has 0 fully saturated rings. The van der Waals surface area contributed by atoms with E-state index in [2.05, 4.69) is 11.1 Å². The maximum absolute atomic E-state index is 10.2. The van der Waals surface area contributed by atoms with E-state index in [4.69, 9.17) is 5.11 Å². The van der Waals surface area contributed by atoms with Crippen molar-refractivity contribution in [1.29, 1.82) is 0 Å². The molecule has 5 heteroatoms. The molecule has 4 N–H and O–H groups in total. The number of amides is 2. The van der Waals surface area contributed by atoms with Gasteiger partial charge in [-0.2, -0.15) is 0 Å². The number of hydrogen-bond acceptors (Lipinski definition) is 3. The third kappa shape index (κ3) is 3.48. The predicted octanol–water partition coefficient (Wildman–Crippen LogP) is -2.42. The largest absolute Gasteiger partial charge is 0.395 e. The molecule has 0 saturated carbocycles. The monoisotopic (exact) mass is 132 g/mol. The Hall–Kier alpha value is -1.10. The van der Waals surface area contributed by atoms with Gasteiger partial charge in [0, 0.05) is 6.54 Å². The lowest BCUT2D eigenvalue weighted by molar-refractivity contribution is -0.137. The normalized spacial score (nSPS) is 8.56. The molecule has 0 atom stereocenters. The van der Waals surface area contributed by atoms with Crippen LogP contribution in [0.5, 0.6) is 0 Å². The molecule has 0 saturated heterocycles. The summed E-state index contributed by atoms with van der Waals surface area (Å²) in [6.45, 7) is -0.138. The standard InChI is InChI=1S/C4H8N2O3/c5-3(8)4(9)6-1-2-7/h7H,1-2H2,(H2,5,8)(H,6,9). The zero-order valence-corrected chi connectivity index (χ0v) is 4.76. The Morgan fingerprint density at radius 1 is 1.56 bits per heavy atom. The fourth-order valence-corrected chi connectivity index (χ4v) is 0.257. The number of hydrogen-bond donors (Lipinski definition) is 3. The van der Waals surface area contributed by atoms with Gasteiger partial charge in [-0.15, -0.1) is 0 Å². The van der Waals surface area contributed by atoms with Gasteiger partial charge in [0.15, 0.2) is 0 Å². The van der Waals surface area contributed by atoms with E-state index >= 15 is 0 Å². The van der Waals surface area contributed by atoms with E-state index in [1.807, 2.05) is 0 Å². The van der Waals surface area contributed by atoms with Crippen molar-refractivity contribution in [3.8, 4) is 0 Å². The summed E-state index contributed by atoms with van der Waals surface area (Å²) in [5, 5.41) is 10.2. The second kappa shape index (κ2) is 3.85. The minimum Gasteiger partial charge on any atom is -0.395 e. The topological polar surface area (TPSA) is 92.4 Å². The molecule has 52 valence electrons. The lowest BCUT2D eigenvalue weighted by atomic mass is 10.5. The summed E-state index contributed by atoms with van der Waals surface area (Å²) in [6.07, 6.45) is 0. The van der Waals surface area contributed by atoms with E-state index in [1.54, 1.807) is 0 Å². The summed E-state index contributed by atoms with van der Waals surface area (Å²) in [5.41, 5.74) is 4.54. The van der Waals surface area contributed by atoms with Gasteiger partial charge in [-0.3, -0.25) is 9.59 Å². The maximum Gasteiger partial charge on any atom is 0.309 e. The van der Waals surface area contributed by atoms with Crippen LogP contribution in [0.25, 0.3) is 0 Å². The first-order chi connectivity index (χ1) is 4.18. The van der Waals surface area contributed by atoms with Crippen molar-refractivity contribution in [1.82, 2.24) is 5.32 Å².